The van der Waals surface area contributed by atoms with Gasteiger partial charge in [0.2, 0.25) is 5.91 Å². The van der Waals surface area contributed by atoms with Gasteiger partial charge in [0, 0.05) is 24.0 Å². The van der Waals surface area contributed by atoms with E-state index in [0.717, 1.165) is 29.8 Å². The van der Waals surface area contributed by atoms with E-state index >= 15 is 0 Å². The number of amides is 3. The Labute approximate surface area is 159 Å². The van der Waals surface area contributed by atoms with Gasteiger partial charge in [-0.05, 0) is 56.5 Å². The minimum atomic E-state index is -0.368. The highest BCUT2D eigenvalue weighted by Crippen LogP contribution is 2.19. The maximum atomic E-state index is 12.3. The smallest absolute Gasteiger partial charge is 0.319 e. The molecule has 0 aliphatic heterocycles. The van der Waals surface area contributed by atoms with Crippen molar-refractivity contribution < 1.29 is 9.59 Å². The number of benzene rings is 2. The van der Waals surface area contributed by atoms with Gasteiger partial charge in [-0.15, -0.1) is 0 Å². The van der Waals surface area contributed by atoms with E-state index in [9.17, 15) is 9.59 Å². The van der Waals surface area contributed by atoms with Crippen molar-refractivity contribution in [2.45, 2.75) is 45.3 Å². The molecule has 142 valence electrons. The van der Waals surface area contributed by atoms with Gasteiger partial charge in [0.15, 0.2) is 0 Å². The second kappa shape index (κ2) is 8.58. The van der Waals surface area contributed by atoms with Crippen LogP contribution < -0.4 is 21.3 Å². The molecule has 6 nitrogen and oxygen atoms in total. The molecule has 27 heavy (non-hydrogen) atoms. The van der Waals surface area contributed by atoms with Crippen LogP contribution in [-0.4, -0.2) is 24.0 Å². The van der Waals surface area contributed by atoms with Gasteiger partial charge in [-0.3, -0.25) is 4.79 Å². The first-order valence-corrected chi connectivity index (χ1v) is 9.27. The van der Waals surface area contributed by atoms with Crippen LogP contribution in [-0.2, 0) is 11.3 Å². The second-order valence-electron chi connectivity index (χ2n) is 7.02. The van der Waals surface area contributed by atoms with Crippen LogP contribution in [0.3, 0.4) is 0 Å². The fraction of sp³-hybridized carbons (Fsp3) is 0.333. The lowest BCUT2D eigenvalue weighted by Crippen LogP contribution is -2.37. The van der Waals surface area contributed by atoms with Crippen LogP contribution >= 0.6 is 0 Å². The summed E-state index contributed by atoms with van der Waals surface area (Å²) < 4.78 is 0. The molecule has 1 aliphatic rings. The van der Waals surface area contributed by atoms with Crippen molar-refractivity contribution in [3.63, 3.8) is 0 Å². The quantitative estimate of drug-likeness (QED) is 0.606. The number of urea groups is 1. The van der Waals surface area contributed by atoms with Gasteiger partial charge in [-0.25, -0.2) is 4.79 Å². The molecule has 0 saturated heterocycles. The summed E-state index contributed by atoms with van der Waals surface area (Å²) in [5.41, 5.74) is 3.81. The Hall–Kier alpha value is -3.02. The molecule has 3 rings (SSSR count). The van der Waals surface area contributed by atoms with Gasteiger partial charge in [0.05, 0.1) is 0 Å². The third-order valence-corrected chi connectivity index (χ3v) is 4.42. The molecule has 0 spiro atoms. The minimum Gasteiger partial charge on any atom is -0.374 e. The lowest BCUT2D eigenvalue weighted by Gasteiger charge is -2.16. The third kappa shape index (κ3) is 6.02. The summed E-state index contributed by atoms with van der Waals surface area (Å²) in [6, 6.07) is 15.2. The van der Waals surface area contributed by atoms with E-state index in [4.69, 9.17) is 0 Å². The topological polar surface area (TPSA) is 82.3 Å². The van der Waals surface area contributed by atoms with Crippen LogP contribution in [0.25, 0.3) is 0 Å². The van der Waals surface area contributed by atoms with Crippen molar-refractivity contribution >= 4 is 23.3 Å². The Morgan fingerprint density at radius 2 is 1.63 bits per heavy atom. The van der Waals surface area contributed by atoms with Crippen molar-refractivity contribution in [1.29, 1.82) is 0 Å². The number of aryl methyl sites for hydroxylation is 1. The summed E-state index contributed by atoms with van der Waals surface area (Å²) in [5, 5.41) is 11.8. The van der Waals surface area contributed by atoms with E-state index in [1.807, 2.05) is 62.4 Å². The van der Waals surface area contributed by atoms with E-state index < -0.39 is 0 Å². The first-order valence-electron chi connectivity index (χ1n) is 9.27. The minimum absolute atomic E-state index is 0.0680. The van der Waals surface area contributed by atoms with Gasteiger partial charge >= 0.3 is 6.03 Å². The number of carbonyl (C=O) groups is 2. The number of carbonyl (C=O) groups excluding carboxylic acids is 2. The lowest BCUT2D eigenvalue weighted by atomic mass is 10.1. The maximum Gasteiger partial charge on any atom is 0.319 e. The molecule has 1 unspecified atom stereocenters. The van der Waals surface area contributed by atoms with E-state index in [2.05, 4.69) is 21.3 Å². The Morgan fingerprint density at radius 1 is 1.00 bits per heavy atom. The maximum absolute atomic E-state index is 12.3. The van der Waals surface area contributed by atoms with Crippen molar-refractivity contribution in [2.24, 2.45) is 0 Å². The summed E-state index contributed by atoms with van der Waals surface area (Å²) in [5.74, 6) is -0.0680. The van der Waals surface area contributed by atoms with Crippen molar-refractivity contribution in [2.75, 3.05) is 10.6 Å². The molecular weight excluding hydrogens is 340 g/mol. The fourth-order valence-electron chi connectivity index (χ4n) is 2.59. The van der Waals surface area contributed by atoms with Crippen LogP contribution in [0, 0.1) is 6.92 Å². The molecule has 2 aromatic rings. The second-order valence-corrected chi connectivity index (χ2v) is 7.02. The first kappa shape index (κ1) is 18.8. The summed E-state index contributed by atoms with van der Waals surface area (Å²) in [6.07, 6.45) is 2.11. The number of nitrogens with one attached hydrogen (secondary N) is 4. The Morgan fingerprint density at radius 3 is 2.26 bits per heavy atom. The van der Waals surface area contributed by atoms with Crippen LogP contribution in [0.2, 0.25) is 0 Å². The van der Waals surface area contributed by atoms with Crippen molar-refractivity contribution in [3.8, 4) is 0 Å². The van der Waals surface area contributed by atoms with Crippen LogP contribution in [0.1, 0.15) is 30.9 Å². The Kier molecular flexibility index (Phi) is 5.96. The number of hydrogen-bond donors (Lipinski definition) is 4. The Balaban J connectivity index is 1.44. The number of hydrogen-bond acceptors (Lipinski definition) is 3. The zero-order valence-electron chi connectivity index (χ0n) is 15.7. The monoisotopic (exact) mass is 366 g/mol. The molecule has 1 atom stereocenters. The molecule has 3 amide bonds. The molecule has 6 heteroatoms. The van der Waals surface area contributed by atoms with Gasteiger partial charge in [0.25, 0.3) is 0 Å². The summed E-state index contributed by atoms with van der Waals surface area (Å²) in [6.45, 7) is 4.36. The average molecular weight is 366 g/mol. The molecule has 0 radical (unpaired) electrons. The SMILES string of the molecule is Cc1ccc(CNC(=O)C(C)Nc2ccc(NC(=O)NC3CC3)cc2)cc1. The largest absolute Gasteiger partial charge is 0.374 e. The molecular formula is C21H26N4O2. The van der Waals surface area contributed by atoms with Crippen molar-refractivity contribution in [1.82, 2.24) is 10.6 Å². The van der Waals surface area contributed by atoms with Gasteiger partial charge < -0.3 is 21.3 Å². The highest BCUT2D eigenvalue weighted by Gasteiger charge is 2.23. The van der Waals surface area contributed by atoms with E-state index in [0.29, 0.717) is 12.6 Å². The molecule has 0 heterocycles. The third-order valence-electron chi connectivity index (χ3n) is 4.42. The van der Waals surface area contributed by atoms with Crippen molar-refractivity contribution in [3.05, 3.63) is 59.7 Å². The first-order chi connectivity index (χ1) is 13.0. The average Bonchev–Trinajstić information content (AvgIpc) is 3.46. The zero-order valence-corrected chi connectivity index (χ0v) is 15.7. The van der Waals surface area contributed by atoms with E-state index in [-0.39, 0.29) is 18.0 Å². The standard InChI is InChI=1S/C21H26N4O2/c1-14-3-5-16(6-4-14)13-22-20(26)15(2)23-17-7-9-18(10-8-17)24-21(27)25-19-11-12-19/h3-10,15,19,23H,11-13H2,1-2H3,(H,22,26)(H2,24,25,27). The summed E-state index contributed by atoms with van der Waals surface area (Å²) >= 11 is 0. The molecule has 2 aromatic carbocycles. The summed E-state index contributed by atoms with van der Waals surface area (Å²) in [7, 11) is 0. The highest BCUT2D eigenvalue weighted by molar-refractivity contribution is 5.90. The molecule has 1 saturated carbocycles. The fourth-order valence-corrected chi connectivity index (χ4v) is 2.59. The van der Waals surface area contributed by atoms with Crippen LogP contribution in [0.4, 0.5) is 16.2 Å². The predicted molar refractivity (Wildman–Crippen MR) is 108 cm³/mol. The highest BCUT2D eigenvalue weighted by atomic mass is 16.2. The van der Waals surface area contributed by atoms with Crippen LogP contribution in [0.5, 0.6) is 0 Å². The number of anilines is 2. The summed E-state index contributed by atoms with van der Waals surface area (Å²) in [4.78, 5) is 24.0. The molecule has 1 fully saturated rings. The predicted octanol–water partition coefficient (Wildman–Crippen LogP) is 3.40. The Bertz CT molecular complexity index is 783. The van der Waals surface area contributed by atoms with Crippen LogP contribution in [0.15, 0.2) is 48.5 Å². The van der Waals surface area contributed by atoms with E-state index in [1.54, 1.807) is 0 Å². The van der Waals surface area contributed by atoms with Gasteiger partial charge in [0.1, 0.15) is 6.04 Å². The van der Waals surface area contributed by atoms with Gasteiger partial charge in [-0.2, -0.15) is 0 Å². The zero-order chi connectivity index (χ0) is 19.2. The molecule has 0 bridgehead atoms. The molecule has 1 aliphatic carbocycles. The van der Waals surface area contributed by atoms with E-state index in [1.165, 1.54) is 5.56 Å². The number of rotatable bonds is 7. The molecule has 0 aromatic heterocycles. The van der Waals surface area contributed by atoms with Gasteiger partial charge in [-0.1, -0.05) is 29.8 Å². The lowest BCUT2D eigenvalue weighted by molar-refractivity contribution is -0.121. The molecule has 4 N–H and O–H groups in total. The normalized spacial score (nSPS) is 14.1.